The largest absolute Gasteiger partial charge is 0.480 e. The average Bonchev–Trinajstić information content (AvgIpc) is 2.67. The van der Waals surface area contributed by atoms with Crippen LogP contribution in [0.1, 0.15) is 53.4 Å². The fourth-order valence-electron chi connectivity index (χ4n) is 2.86. The maximum absolute atomic E-state index is 12.6. The molecule has 0 saturated heterocycles. The lowest BCUT2D eigenvalue weighted by molar-refractivity contribution is -0.142. The Kier molecular flexibility index (Phi) is 13.6. The summed E-state index contributed by atoms with van der Waals surface area (Å²) in [5.74, 6) is -2.73. The molecule has 0 aliphatic heterocycles. The molecule has 0 rings (SSSR count). The van der Waals surface area contributed by atoms with E-state index in [4.69, 9.17) is 17.2 Å². The van der Waals surface area contributed by atoms with Crippen LogP contribution in [0.4, 0.5) is 0 Å². The first-order chi connectivity index (χ1) is 14.8. The number of nitrogens with one attached hydrogen (secondary N) is 3. The zero-order chi connectivity index (χ0) is 24.8. The van der Waals surface area contributed by atoms with E-state index in [9.17, 15) is 24.3 Å². The van der Waals surface area contributed by atoms with Gasteiger partial charge in [0.05, 0.1) is 12.6 Å². The van der Waals surface area contributed by atoms with Crippen molar-refractivity contribution in [2.75, 3.05) is 13.1 Å². The molecule has 3 amide bonds. The van der Waals surface area contributed by atoms with Gasteiger partial charge in [0.15, 0.2) is 5.96 Å². The smallest absolute Gasteiger partial charge is 0.326 e. The van der Waals surface area contributed by atoms with E-state index in [2.05, 4.69) is 20.9 Å². The van der Waals surface area contributed by atoms with E-state index < -0.39 is 41.8 Å². The third-order valence-corrected chi connectivity index (χ3v) is 4.41. The molecule has 0 spiro atoms. The summed E-state index contributed by atoms with van der Waals surface area (Å²) < 4.78 is 0. The lowest BCUT2D eigenvalue weighted by Gasteiger charge is -2.23. The second-order valence-electron chi connectivity index (χ2n) is 8.55. The number of nitrogens with two attached hydrogens (primary N) is 3. The quantitative estimate of drug-likeness (QED) is 0.0882. The van der Waals surface area contributed by atoms with Crippen molar-refractivity contribution >= 4 is 29.7 Å². The summed E-state index contributed by atoms with van der Waals surface area (Å²) in [6.07, 6.45) is 1.40. The molecule has 12 heteroatoms. The summed E-state index contributed by atoms with van der Waals surface area (Å²) in [7, 11) is 0. The van der Waals surface area contributed by atoms with Gasteiger partial charge in [0.25, 0.3) is 0 Å². The molecule has 0 aliphatic rings. The van der Waals surface area contributed by atoms with Crippen LogP contribution in [0.25, 0.3) is 0 Å². The number of carboxylic acid groups (broad SMARTS) is 1. The Labute approximate surface area is 189 Å². The number of carboxylic acids is 1. The molecule has 0 heterocycles. The molecule has 0 aromatic rings. The molecule has 3 atom stereocenters. The third-order valence-electron chi connectivity index (χ3n) is 4.41. The number of hydrogen-bond donors (Lipinski definition) is 7. The van der Waals surface area contributed by atoms with Gasteiger partial charge in [-0.1, -0.05) is 27.7 Å². The zero-order valence-corrected chi connectivity index (χ0v) is 19.4. The van der Waals surface area contributed by atoms with Gasteiger partial charge in [-0.2, -0.15) is 0 Å². The Morgan fingerprint density at radius 3 is 1.97 bits per heavy atom. The average molecular weight is 458 g/mol. The van der Waals surface area contributed by atoms with Crippen molar-refractivity contribution in [3.63, 3.8) is 0 Å². The van der Waals surface area contributed by atoms with Gasteiger partial charge in [-0.15, -0.1) is 0 Å². The zero-order valence-electron chi connectivity index (χ0n) is 19.4. The van der Waals surface area contributed by atoms with Crippen molar-refractivity contribution in [3.8, 4) is 0 Å². The predicted octanol–water partition coefficient (Wildman–Crippen LogP) is -1.37. The van der Waals surface area contributed by atoms with Crippen LogP contribution in [0.2, 0.25) is 0 Å². The fraction of sp³-hybridized carbons (Fsp3) is 0.750. The number of rotatable bonds is 15. The van der Waals surface area contributed by atoms with Gasteiger partial charge in [0.1, 0.15) is 12.1 Å². The van der Waals surface area contributed by atoms with E-state index in [-0.39, 0.29) is 30.8 Å². The molecule has 0 radical (unpaired) electrons. The molecule has 12 nitrogen and oxygen atoms in total. The first-order valence-corrected chi connectivity index (χ1v) is 10.7. The molecule has 10 N–H and O–H groups in total. The molecule has 32 heavy (non-hydrogen) atoms. The first-order valence-electron chi connectivity index (χ1n) is 10.7. The van der Waals surface area contributed by atoms with E-state index in [0.29, 0.717) is 25.8 Å². The Bertz CT molecular complexity index is 663. The van der Waals surface area contributed by atoms with E-state index in [1.807, 2.05) is 27.7 Å². The number of guanidine groups is 1. The van der Waals surface area contributed by atoms with Crippen LogP contribution in [0.15, 0.2) is 4.99 Å². The van der Waals surface area contributed by atoms with Gasteiger partial charge in [-0.05, 0) is 37.5 Å². The second kappa shape index (κ2) is 15.0. The van der Waals surface area contributed by atoms with Crippen LogP contribution < -0.4 is 33.2 Å². The number of carbonyl (C=O) groups is 4. The summed E-state index contributed by atoms with van der Waals surface area (Å²) >= 11 is 0. The molecular weight excluding hydrogens is 418 g/mol. The Morgan fingerprint density at radius 1 is 0.906 bits per heavy atom. The van der Waals surface area contributed by atoms with E-state index in [1.165, 1.54) is 0 Å². The molecule has 0 aromatic carbocycles. The van der Waals surface area contributed by atoms with E-state index >= 15 is 0 Å². The summed E-state index contributed by atoms with van der Waals surface area (Å²) in [6, 6.07) is -2.81. The van der Waals surface area contributed by atoms with Gasteiger partial charge >= 0.3 is 5.97 Å². The number of nitrogens with zero attached hydrogens (tertiary/aromatic N) is 1. The number of aliphatic carboxylic acids is 1. The maximum atomic E-state index is 12.6. The number of amides is 3. The fourth-order valence-corrected chi connectivity index (χ4v) is 2.86. The normalized spacial score (nSPS) is 13.7. The monoisotopic (exact) mass is 457 g/mol. The van der Waals surface area contributed by atoms with Crippen molar-refractivity contribution in [2.45, 2.75) is 71.5 Å². The van der Waals surface area contributed by atoms with Gasteiger partial charge in [-0.25, -0.2) is 4.79 Å². The lowest BCUT2D eigenvalue weighted by Crippen LogP contribution is -2.54. The van der Waals surface area contributed by atoms with Crippen LogP contribution in [-0.4, -0.2) is 66.0 Å². The van der Waals surface area contributed by atoms with Crippen LogP contribution in [-0.2, 0) is 19.2 Å². The third kappa shape index (κ3) is 13.4. The van der Waals surface area contributed by atoms with Gasteiger partial charge in [-0.3, -0.25) is 19.4 Å². The van der Waals surface area contributed by atoms with Gasteiger partial charge < -0.3 is 38.3 Å². The number of carbonyl (C=O) groups excluding carboxylic acids is 3. The molecule has 0 aliphatic carbocycles. The maximum Gasteiger partial charge on any atom is 0.326 e. The minimum absolute atomic E-state index is 0.0430. The highest BCUT2D eigenvalue weighted by atomic mass is 16.4. The summed E-state index contributed by atoms with van der Waals surface area (Å²) in [5.41, 5.74) is 16.2. The summed E-state index contributed by atoms with van der Waals surface area (Å²) in [4.78, 5) is 52.2. The van der Waals surface area contributed by atoms with Gasteiger partial charge in [0, 0.05) is 6.54 Å². The molecule has 0 bridgehead atoms. The van der Waals surface area contributed by atoms with Crippen molar-refractivity contribution in [1.29, 1.82) is 0 Å². The van der Waals surface area contributed by atoms with Crippen molar-refractivity contribution in [1.82, 2.24) is 16.0 Å². The Hall–Kier alpha value is -2.89. The Morgan fingerprint density at radius 2 is 1.47 bits per heavy atom. The minimum atomic E-state index is -1.14. The lowest BCUT2D eigenvalue weighted by atomic mass is 10.0. The molecular formula is C20H39N7O5. The van der Waals surface area contributed by atoms with Gasteiger partial charge in [0.2, 0.25) is 17.7 Å². The highest BCUT2D eigenvalue weighted by molar-refractivity contribution is 5.92. The predicted molar refractivity (Wildman–Crippen MR) is 121 cm³/mol. The first kappa shape index (κ1) is 29.1. The van der Waals surface area contributed by atoms with Crippen LogP contribution in [0, 0.1) is 11.8 Å². The highest BCUT2D eigenvalue weighted by Crippen LogP contribution is 2.09. The molecule has 184 valence electrons. The summed E-state index contributed by atoms with van der Waals surface area (Å²) in [5, 5.41) is 16.8. The number of hydrogen-bond acceptors (Lipinski definition) is 6. The van der Waals surface area contributed by atoms with E-state index in [0.717, 1.165) is 0 Å². The SMILES string of the molecule is CC(C)C[C@H](NC(=O)[C@H](CC(C)C)NC(=O)CNC(=O)[C@@H](N)CCCN=C(N)N)C(=O)O. The second-order valence-corrected chi connectivity index (χ2v) is 8.55. The molecule has 0 aromatic heterocycles. The topological polar surface area (TPSA) is 215 Å². The van der Waals surface area contributed by atoms with Crippen molar-refractivity contribution in [3.05, 3.63) is 0 Å². The number of aliphatic imine (C=N–C) groups is 1. The minimum Gasteiger partial charge on any atom is -0.480 e. The summed E-state index contributed by atoms with van der Waals surface area (Å²) in [6.45, 7) is 7.42. The Balaban J connectivity index is 4.77. The van der Waals surface area contributed by atoms with Crippen LogP contribution in [0.3, 0.4) is 0 Å². The van der Waals surface area contributed by atoms with Crippen molar-refractivity contribution < 1.29 is 24.3 Å². The van der Waals surface area contributed by atoms with E-state index in [1.54, 1.807) is 0 Å². The van der Waals surface area contributed by atoms with Crippen molar-refractivity contribution in [2.24, 2.45) is 34.0 Å². The van der Waals surface area contributed by atoms with Crippen LogP contribution in [0.5, 0.6) is 0 Å². The standard InChI is InChI=1S/C20H39N7O5/c1-11(2)8-14(18(30)27-15(19(31)32)9-12(3)4)26-16(28)10-25-17(29)13(21)6-5-7-24-20(22)23/h11-15H,5-10,21H2,1-4H3,(H,25,29)(H,26,28)(H,27,30)(H,31,32)(H4,22,23,24)/t13-,14-,15-/m0/s1. The molecule has 0 fully saturated rings. The molecule has 0 saturated carbocycles. The highest BCUT2D eigenvalue weighted by Gasteiger charge is 2.27. The molecule has 0 unspecified atom stereocenters. The van der Waals surface area contributed by atoms with Crippen LogP contribution >= 0.6 is 0 Å².